The molecule has 1 aliphatic rings. The van der Waals surface area contributed by atoms with Crippen molar-refractivity contribution < 1.29 is 4.79 Å². The Balaban J connectivity index is 1.93. The molecule has 3 nitrogen and oxygen atoms in total. The molecule has 1 unspecified atom stereocenters. The lowest BCUT2D eigenvalue weighted by Crippen LogP contribution is -2.30. The van der Waals surface area contributed by atoms with E-state index in [0.717, 1.165) is 13.0 Å². The predicted molar refractivity (Wildman–Crippen MR) is 64.1 cm³/mol. The number of amides is 1. The summed E-state index contributed by atoms with van der Waals surface area (Å²) >= 11 is 0. The van der Waals surface area contributed by atoms with Crippen LogP contribution < -0.4 is 5.73 Å². The third-order valence-electron chi connectivity index (χ3n) is 3.16. The monoisotopic (exact) mass is 218 g/mol. The first-order chi connectivity index (χ1) is 7.66. The summed E-state index contributed by atoms with van der Waals surface area (Å²) in [6.45, 7) is 3.61. The highest BCUT2D eigenvalue weighted by atomic mass is 16.2. The summed E-state index contributed by atoms with van der Waals surface area (Å²) in [4.78, 5) is 13.4. The molecule has 1 aliphatic heterocycles. The third-order valence-corrected chi connectivity index (χ3v) is 3.16. The zero-order valence-electron chi connectivity index (χ0n) is 9.65. The number of carbonyl (C=O) groups is 1. The minimum Gasteiger partial charge on any atom is -0.341 e. The molecule has 86 valence electrons. The Kier molecular flexibility index (Phi) is 3.25. The van der Waals surface area contributed by atoms with Crippen LogP contribution in [0.25, 0.3) is 0 Å². The van der Waals surface area contributed by atoms with Gasteiger partial charge in [0.05, 0.1) is 0 Å². The summed E-state index contributed by atoms with van der Waals surface area (Å²) in [5, 5.41) is 0. The van der Waals surface area contributed by atoms with Crippen molar-refractivity contribution in [2.75, 3.05) is 13.1 Å². The van der Waals surface area contributed by atoms with Crippen LogP contribution in [0.3, 0.4) is 0 Å². The molecule has 1 aromatic carbocycles. The molecular weight excluding hydrogens is 200 g/mol. The molecule has 1 heterocycles. The van der Waals surface area contributed by atoms with Crippen molar-refractivity contribution in [3.8, 4) is 0 Å². The van der Waals surface area contributed by atoms with Crippen LogP contribution in [0, 0.1) is 6.92 Å². The highest BCUT2D eigenvalue weighted by Gasteiger charge is 2.26. The Labute approximate surface area is 96.2 Å². The summed E-state index contributed by atoms with van der Waals surface area (Å²) in [5.74, 6) is 0.195. The Morgan fingerprint density at radius 1 is 1.44 bits per heavy atom. The van der Waals surface area contributed by atoms with Crippen LogP contribution in [0.5, 0.6) is 0 Å². The Morgan fingerprint density at radius 3 is 2.81 bits per heavy atom. The second-order valence-corrected chi connectivity index (χ2v) is 4.48. The molecule has 2 N–H and O–H groups in total. The van der Waals surface area contributed by atoms with Crippen LogP contribution in [0.4, 0.5) is 0 Å². The molecular formula is C13H18N2O. The average molecular weight is 218 g/mol. The van der Waals surface area contributed by atoms with Crippen LogP contribution in [0.15, 0.2) is 24.3 Å². The zero-order valence-corrected chi connectivity index (χ0v) is 9.65. The molecule has 0 saturated carbocycles. The lowest BCUT2D eigenvalue weighted by atomic mass is 10.1. The number of likely N-dealkylation sites (tertiary alicyclic amines) is 1. The van der Waals surface area contributed by atoms with Crippen LogP contribution in [-0.2, 0) is 11.2 Å². The van der Waals surface area contributed by atoms with Crippen molar-refractivity contribution in [3.63, 3.8) is 0 Å². The van der Waals surface area contributed by atoms with Gasteiger partial charge < -0.3 is 10.6 Å². The fourth-order valence-electron chi connectivity index (χ4n) is 2.16. The maximum Gasteiger partial charge on any atom is 0.224 e. The lowest BCUT2D eigenvalue weighted by Gasteiger charge is -2.16. The molecule has 1 amide bonds. The van der Waals surface area contributed by atoms with Crippen molar-refractivity contribution in [1.29, 1.82) is 0 Å². The van der Waals surface area contributed by atoms with E-state index >= 15 is 0 Å². The van der Waals surface area contributed by atoms with Crippen molar-refractivity contribution >= 4 is 5.91 Å². The van der Waals surface area contributed by atoms with Crippen molar-refractivity contribution in [1.82, 2.24) is 4.90 Å². The summed E-state index contributed by atoms with van der Waals surface area (Å²) in [5.41, 5.74) is 8.36. The van der Waals surface area contributed by atoms with Gasteiger partial charge in [-0.2, -0.15) is 0 Å². The molecule has 16 heavy (non-hydrogen) atoms. The molecule has 1 fully saturated rings. The van der Waals surface area contributed by atoms with Crippen LogP contribution in [0.2, 0.25) is 0 Å². The smallest absolute Gasteiger partial charge is 0.224 e. The largest absolute Gasteiger partial charge is 0.341 e. The number of aryl methyl sites for hydroxylation is 1. The molecule has 0 aliphatic carbocycles. The number of hydrogen-bond acceptors (Lipinski definition) is 2. The molecule has 0 bridgehead atoms. The number of benzene rings is 1. The maximum atomic E-state index is 11.5. The van der Waals surface area contributed by atoms with Gasteiger partial charge >= 0.3 is 0 Å². The summed E-state index contributed by atoms with van der Waals surface area (Å²) < 4.78 is 0. The van der Waals surface area contributed by atoms with Crippen molar-refractivity contribution in [2.24, 2.45) is 5.73 Å². The third kappa shape index (κ3) is 2.42. The van der Waals surface area contributed by atoms with E-state index in [0.29, 0.717) is 13.0 Å². The fraction of sp³-hybridized carbons (Fsp3) is 0.462. The second-order valence-electron chi connectivity index (χ2n) is 4.48. The van der Waals surface area contributed by atoms with Crippen molar-refractivity contribution in [3.05, 3.63) is 35.4 Å². The van der Waals surface area contributed by atoms with Crippen molar-refractivity contribution in [2.45, 2.75) is 25.8 Å². The van der Waals surface area contributed by atoms with E-state index < -0.39 is 0 Å². The summed E-state index contributed by atoms with van der Waals surface area (Å²) in [7, 11) is 0. The molecule has 0 aromatic heterocycles. The van der Waals surface area contributed by atoms with Crippen LogP contribution in [-0.4, -0.2) is 29.9 Å². The summed E-state index contributed by atoms with van der Waals surface area (Å²) in [6.07, 6.45) is 1.43. The molecule has 2 rings (SSSR count). The Hall–Kier alpha value is -1.35. The predicted octanol–water partition coefficient (Wildman–Crippen LogP) is 1.10. The lowest BCUT2D eigenvalue weighted by molar-refractivity contribution is -0.127. The zero-order chi connectivity index (χ0) is 11.5. The van der Waals surface area contributed by atoms with E-state index in [2.05, 4.69) is 19.1 Å². The standard InChI is InChI=1S/C13H18N2O/c1-10-4-2-3-5-11(10)6-7-15-9-12(14)8-13(15)16/h2-5,12H,6-9,14H2,1H3. The van der Waals surface area contributed by atoms with E-state index in [1.807, 2.05) is 17.0 Å². The van der Waals surface area contributed by atoms with Gasteiger partial charge in [0.2, 0.25) is 5.91 Å². The van der Waals surface area contributed by atoms with Crippen LogP contribution >= 0.6 is 0 Å². The van der Waals surface area contributed by atoms with E-state index in [9.17, 15) is 4.79 Å². The number of nitrogens with two attached hydrogens (primary N) is 1. The maximum absolute atomic E-state index is 11.5. The first-order valence-electron chi connectivity index (χ1n) is 5.74. The second kappa shape index (κ2) is 4.66. The topological polar surface area (TPSA) is 46.3 Å². The highest BCUT2D eigenvalue weighted by molar-refractivity contribution is 5.79. The molecule has 0 radical (unpaired) electrons. The first-order valence-corrected chi connectivity index (χ1v) is 5.74. The van der Waals surface area contributed by atoms with E-state index in [1.54, 1.807) is 0 Å². The SMILES string of the molecule is Cc1ccccc1CCN1CC(N)CC1=O. The molecule has 1 aromatic rings. The molecule has 3 heteroatoms. The van der Waals surface area contributed by atoms with Crippen LogP contribution in [0.1, 0.15) is 17.5 Å². The molecule has 1 atom stereocenters. The van der Waals surface area contributed by atoms with E-state index in [-0.39, 0.29) is 11.9 Å². The average Bonchev–Trinajstić information content (AvgIpc) is 2.56. The fourth-order valence-corrected chi connectivity index (χ4v) is 2.16. The van der Waals surface area contributed by atoms with Gasteiger partial charge in [-0.25, -0.2) is 0 Å². The number of carbonyl (C=O) groups excluding carboxylic acids is 1. The molecule has 1 saturated heterocycles. The minimum absolute atomic E-state index is 0.0318. The van der Waals surface area contributed by atoms with Gasteiger partial charge in [-0.15, -0.1) is 0 Å². The first kappa shape index (κ1) is 11.1. The quantitative estimate of drug-likeness (QED) is 0.825. The van der Waals surface area contributed by atoms with E-state index in [4.69, 9.17) is 5.73 Å². The summed E-state index contributed by atoms with van der Waals surface area (Å²) in [6, 6.07) is 8.34. The Morgan fingerprint density at radius 2 is 2.19 bits per heavy atom. The van der Waals surface area contributed by atoms with Gasteiger partial charge in [-0.3, -0.25) is 4.79 Å². The normalized spacial score (nSPS) is 20.5. The highest BCUT2D eigenvalue weighted by Crippen LogP contribution is 2.12. The van der Waals surface area contributed by atoms with Gasteiger partial charge in [0, 0.05) is 25.6 Å². The Bertz CT molecular complexity index is 389. The van der Waals surface area contributed by atoms with Gasteiger partial charge in [0.15, 0.2) is 0 Å². The van der Waals surface area contributed by atoms with E-state index in [1.165, 1.54) is 11.1 Å². The van der Waals surface area contributed by atoms with Gasteiger partial charge in [0.1, 0.15) is 0 Å². The minimum atomic E-state index is 0.0318. The van der Waals surface area contributed by atoms with Gasteiger partial charge in [-0.05, 0) is 24.5 Å². The molecule has 0 spiro atoms. The number of rotatable bonds is 3. The number of nitrogens with zero attached hydrogens (tertiary/aromatic N) is 1. The van der Waals surface area contributed by atoms with Gasteiger partial charge in [-0.1, -0.05) is 24.3 Å². The number of hydrogen-bond donors (Lipinski definition) is 1. The van der Waals surface area contributed by atoms with Gasteiger partial charge in [0.25, 0.3) is 0 Å².